The number of halogens is 1. The Morgan fingerprint density at radius 1 is 1.17 bits per heavy atom. The quantitative estimate of drug-likeness (QED) is 0.704. The van der Waals surface area contributed by atoms with Gasteiger partial charge in [-0.3, -0.25) is 0 Å². The number of benzene rings is 1. The fourth-order valence-electron chi connectivity index (χ4n) is 1.80. The highest BCUT2D eigenvalue weighted by Crippen LogP contribution is 2.55. The predicted molar refractivity (Wildman–Crippen MR) is 87.5 cm³/mol. The zero-order chi connectivity index (χ0) is 12.9. The largest absolute Gasteiger partial charge is 1.00 e. The van der Waals surface area contributed by atoms with Crippen molar-refractivity contribution in [1.29, 1.82) is 0 Å². The smallest absolute Gasteiger partial charge is 0.0837 e. The maximum absolute atomic E-state index is 3.79. The van der Waals surface area contributed by atoms with E-state index in [1.807, 2.05) is 6.08 Å². The van der Waals surface area contributed by atoms with Crippen LogP contribution in [0.5, 0.6) is 0 Å². The van der Waals surface area contributed by atoms with Crippen LogP contribution >= 0.6 is 15.2 Å². The second kappa shape index (κ2) is 8.31. The molecule has 1 aromatic carbocycles. The van der Waals surface area contributed by atoms with Gasteiger partial charge in [-0.1, -0.05) is 36.9 Å². The Balaban J connectivity index is 0.00000289. The number of hydrogen-bond acceptors (Lipinski definition) is 0. The molecule has 0 amide bonds. The lowest BCUT2D eigenvalue weighted by atomic mass is 10.1. The number of hydrogen-bond donors (Lipinski definition) is 0. The van der Waals surface area contributed by atoms with Crippen molar-refractivity contribution in [2.75, 3.05) is 39.0 Å². The van der Waals surface area contributed by atoms with E-state index in [1.54, 1.807) is 0 Å². The summed E-state index contributed by atoms with van der Waals surface area (Å²) in [6.45, 7) is 13.5. The average molecular weight is 303 g/mol. The molecule has 3 heteroatoms. The van der Waals surface area contributed by atoms with Gasteiger partial charge in [-0.05, 0) is 24.5 Å². The molecule has 0 heterocycles. The van der Waals surface area contributed by atoms with Crippen LogP contribution in [-0.2, 0) is 6.16 Å². The topological polar surface area (TPSA) is 0 Å². The third kappa shape index (κ3) is 6.89. The van der Waals surface area contributed by atoms with Crippen LogP contribution in [0.4, 0.5) is 0 Å². The van der Waals surface area contributed by atoms with Crippen LogP contribution < -0.4 is 12.4 Å². The minimum atomic E-state index is -0.752. The van der Waals surface area contributed by atoms with E-state index < -0.39 is 7.26 Å². The third-order valence-corrected chi connectivity index (χ3v) is 7.10. The summed E-state index contributed by atoms with van der Waals surface area (Å²) in [6.07, 6.45) is 6.06. The van der Waals surface area contributed by atoms with E-state index in [0.29, 0.717) is 0 Å². The van der Waals surface area contributed by atoms with E-state index in [2.05, 4.69) is 57.5 Å². The summed E-state index contributed by atoms with van der Waals surface area (Å²) in [5, 5.41) is 0. The lowest BCUT2D eigenvalue weighted by molar-refractivity contribution is -0.00000387. The highest BCUT2D eigenvalue weighted by Gasteiger charge is 2.25. The lowest BCUT2D eigenvalue weighted by Crippen LogP contribution is -3.00. The Morgan fingerprint density at radius 2 is 1.72 bits per heavy atom. The molecular formula is C15H25ClP2. The Kier molecular flexibility index (Phi) is 8.37. The molecule has 0 bridgehead atoms. The molecule has 0 radical (unpaired) electrons. The van der Waals surface area contributed by atoms with E-state index in [4.69, 9.17) is 0 Å². The second-order valence-corrected chi connectivity index (χ2v) is 12.8. The molecule has 1 aromatic rings. The van der Waals surface area contributed by atoms with Crippen molar-refractivity contribution in [2.24, 2.45) is 0 Å². The minimum absolute atomic E-state index is 0. The molecule has 0 N–H and O–H groups in total. The fraction of sp³-hybridized carbons (Fsp3) is 0.467. The maximum Gasteiger partial charge on any atom is 0.0837 e. The van der Waals surface area contributed by atoms with E-state index in [0.717, 1.165) is 0 Å². The van der Waals surface area contributed by atoms with Gasteiger partial charge in [-0.15, -0.1) is 7.92 Å². The first-order chi connectivity index (χ1) is 7.93. The van der Waals surface area contributed by atoms with Gasteiger partial charge in [0.05, 0.1) is 12.3 Å². The molecule has 0 fully saturated rings. The van der Waals surface area contributed by atoms with Crippen LogP contribution in [0, 0.1) is 0 Å². The summed E-state index contributed by atoms with van der Waals surface area (Å²) in [4.78, 5) is 0. The van der Waals surface area contributed by atoms with Crippen molar-refractivity contribution >= 4 is 21.3 Å². The molecule has 0 nitrogen and oxygen atoms in total. The Hall–Kier alpha value is 0.110. The first kappa shape index (κ1) is 18.1. The van der Waals surface area contributed by atoms with Crippen molar-refractivity contribution in [3.8, 4) is 0 Å². The molecule has 0 saturated carbocycles. The van der Waals surface area contributed by atoms with Gasteiger partial charge in [-0.2, -0.15) is 0 Å². The highest BCUT2D eigenvalue weighted by atomic mass is 35.5. The summed E-state index contributed by atoms with van der Waals surface area (Å²) in [6, 6.07) is 8.88. The van der Waals surface area contributed by atoms with Gasteiger partial charge in [0.2, 0.25) is 0 Å². The summed E-state index contributed by atoms with van der Waals surface area (Å²) >= 11 is 0. The molecule has 0 atom stereocenters. The van der Waals surface area contributed by atoms with Crippen LogP contribution in [0.3, 0.4) is 0 Å². The zero-order valence-electron chi connectivity index (χ0n) is 12.0. The molecule has 1 rings (SSSR count). The van der Waals surface area contributed by atoms with Crippen LogP contribution in [0.15, 0.2) is 30.8 Å². The molecule has 0 aliphatic carbocycles. The van der Waals surface area contributed by atoms with Crippen molar-refractivity contribution in [1.82, 2.24) is 0 Å². The molecule has 0 unspecified atom stereocenters. The van der Waals surface area contributed by atoms with E-state index in [9.17, 15) is 0 Å². The summed E-state index contributed by atoms with van der Waals surface area (Å²) in [5.74, 6) is 0. The SMILES string of the molecule is C=Cc1ccc(C[P+](C)(C)CCP(C)C)cc1.[Cl-]. The second-order valence-electron chi connectivity index (χ2n) is 5.57. The molecular weight excluding hydrogens is 278 g/mol. The van der Waals surface area contributed by atoms with Gasteiger partial charge in [0.1, 0.15) is 0 Å². The van der Waals surface area contributed by atoms with Crippen molar-refractivity contribution in [3.05, 3.63) is 42.0 Å². The molecule has 102 valence electrons. The van der Waals surface area contributed by atoms with Crippen molar-refractivity contribution < 1.29 is 12.4 Å². The van der Waals surface area contributed by atoms with Gasteiger partial charge in [0.15, 0.2) is 0 Å². The molecule has 18 heavy (non-hydrogen) atoms. The van der Waals surface area contributed by atoms with E-state index in [1.165, 1.54) is 29.6 Å². The van der Waals surface area contributed by atoms with Crippen LogP contribution in [0.25, 0.3) is 6.08 Å². The molecule has 0 aliphatic heterocycles. The summed E-state index contributed by atoms with van der Waals surface area (Å²) in [7, 11) is -0.484. The summed E-state index contributed by atoms with van der Waals surface area (Å²) in [5.41, 5.74) is 2.71. The molecule has 0 aromatic heterocycles. The normalized spacial score (nSPS) is 11.2. The summed E-state index contributed by atoms with van der Waals surface area (Å²) < 4.78 is 0. The number of rotatable bonds is 6. The van der Waals surface area contributed by atoms with Gasteiger partial charge in [0, 0.05) is 26.8 Å². The third-order valence-electron chi connectivity index (χ3n) is 2.98. The Morgan fingerprint density at radius 3 is 2.17 bits per heavy atom. The average Bonchev–Trinajstić information content (AvgIpc) is 2.27. The van der Waals surface area contributed by atoms with E-state index in [-0.39, 0.29) is 20.3 Å². The van der Waals surface area contributed by atoms with Crippen molar-refractivity contribution in [2.45, 2.75) is 6.16 Å². The minimum Gasteiger partial charge on any atom is -1.00 e. The van der Waals surface area contributed by atoms with Gasteiger partial charge in [0.25, 0.3) is 0 Å². The Labute approximate surface area is 121 Å². The first-order valence-corrected chi connectivity index (χ1v) is 11.6. The van der Waals surface area contributed by atoms with Crippen molar-refractivity contribution in [3.63, 3.8) is 0 Å². The van der Waals surface area contributed by atoms with Crippen LogP contribution in [-0.4, -0.2) is 39.0 Å². The highest BCUT2D eigenvalue weighted by molar-refractivity contribution is 7.74. The zero-order valence-corrected chi connectivity index (χ0v) is 14.5. The first-order valence-electron chi connectivity index (χ1n) is 6.11. The van der Waals surface area contributed by atoms with Crippen LogP contribution in [0.2, 0.25) is 0 Å². The molecule has 0 saturated heterocycles. The Bertz CT molecular complexity index is 355. The van der Waals surface area contributed by atoms with Gasteiger partial charge < -0.3 is 12.4 Å². The molecule has 0 spiro atoms. The fourth-order valence-corrected chi connectivity index (χ4v) is 6.93. The van der Waals surface area contributed by atoms with E-state index >= 15 is 0 Å². The lowest BCUT2D eigenvalue weighted by Gasteiger charge is -2.19. The van der Waals surface area contributed by atoms with Gasteiger partial charge >= 0.3 is 0 Å². The standard InChI is InChI=1S/C15H25P2.ClH/c1-6-14-7-9-15(10-8-14)13-17(4,5)12-11-16(2)3;/h6-10H,1,11-13H2,2-5H3;1H/q+1;/p-1. The molecule has 0 aliphatic rings. The monoisotopic (exact) mass is 302 g/mol. The predicted octanol–water partition coefficient (Wildman–Crippen LogP) is 1.85. The van der Waals surface area contributed by atoms with Gasteiger partial charge in [-0.25, -0.2) is 0 Å². The maximum atomic E-state index is 3.79. The van der Waals surface area contributed by atoms with Crippen LogP contribution in [0.1, 0.15) is 11.1 Å².